The predicted octanol–water partition coefficient (Wildman–Crippen LogP) is 2.92. The molecule has 0 unspecified atom stereocenters. The highest BCUT2D eigenvalue weighted by Crippen LogP contribution is 2.30. The maximum atomic E-state index is 12.1. The van der Waals surface area contributed by atoms with Gasteiger partial charge in [-0.1, -0.05) is 6.07 Å². The van der Waals surface area contributed by atoms with Crippen molar-refractivity contribution in [1.29, 1.82) is 0 Å². The lowest BCUT2D eigenvalue weighted by atomic mass is 10.2. The van der Waals surface area contributed by atoms with Crippen LogP contribution in [-0.4, -0.2) is 37.8 Å². The summed E-state index contributed by atoms with van der Waals surface area (Å²) < 4.78 is 40.4. The number of carbonyl (C=O) groups is 1. The summed E-state index contributed by atoms with van der Waals surface area (Å²) in [5, 5.41) is 3.05. The van der Waals surface area contributed by atoms with Crippen molar-refractivity contribution < 1.29 is 22.7 Å². The molecule has 1 rings (SSSR count). The van der Waals surface area contributed by atoms with Gasteiger partial charge < -0.3 is 15.0 Å². The molecule has 0 aliphatic carbocycles. The number of halogens is 4. The minimum absolute atomic E-state index is 0.0117. The minimum atomic E-state index is -4.71. The molecule has 0 fully saturated rings. The number of nitrogens with one attached hydrogen (secondary N) is 1. The van der Waals surface area contributed by atoms with Gasteiger partial charge in [0.25, 0.3) is 0 Å². The third-order valence-electron chi connectivity index (χ3n) is 2.57. The van der Waals surface area contributed by atoms with Gasteiger partial charge >= 0.3 is 6.36 Å². The molecule has 118 valence electrons. The molecule has 0 saturated heterocycles. The molecule has 0 spiro atoms. The van der Waals surface area contributed by atoms with Gasteiger partial charge in [0.15, 0.2) is 0 Å². The maximum Gasteiger partial charge on any atom is 0.573 e. The van der Waals surface area contributed by atoms with Crippen LogP contribution >= 0.6 is 15.9 Å². The molecule has 1 N–H and O–H groups in total. The first-order valence-electron chi connectivity index (χ1n) is 6.14. The fourth-order valence-corrected chi connectivity index (χ4v) is 2.02. The Bertz CT molecular complexity index is 493. The Morgan fingerprint density at radius 2 is 2.05 bits per heavy atom. The average Bonchev–Trinajstić information content (AvgIpc) is 2.36. The second kappa shape index (κ2) is 7.65. The van der Waals surface area contributed by atoms with Gasteiger partial charge in [-0.25, -0.2) is 0 Å². The summed E-state index contributed by atoms with van der Waals surface area (Å²) in [6.45, 7) is 0.945. The minimum Gasteiger partial charge on any atom is -0.405 e. The first-order chi connectivity index (χ1) is 9.69. The quantitative estimate of drug-likeness (QED) is 0.785. The topological polar surface area (TPSA) is 41.6 Å². The fraction of sp³-hybridized carbons (Fsp3) is 0.462. The summed E-state index contributed by atoms with van der Waals surface area (Å²) in [7, 11) is 3.36. The van der Waals surface area contributed by atoms with Gasteiger partial charge in [0, 0.05) is 33.6 Å². The summed E-state index contributed by atoms with van der Waals surface area (Å²) >= 11 is 3.04. The highest BCUT2D eigenvalue weighted by molar-refractivity contribution is 9.10. The van der Waals surface area contributed by atoms with Crippen molar-refractivity contribution in [2.75, 3.05) is 20.6 Å². The summed E-state index contributed by atoms with van der Waals surface area (Å²) in [5.74, 6) is -0.272. The van der Waals surface area contributed by atoms with E-state index in [2.05, 4.69) is 26.0 Å². The first-order valence-corrected chi connectivity index (χ1v) is 6.93. The van der Waals surface area contributed by atoms with Crippen LogP contribution in [0.1, 0.15) is 12.0 Å². The third kappa shape index (κ3) is 6.81. The van der Waals surface area contributed by atoms with Crippen LogP contribution in [0.4, 0.5) is 13.2 Å². The van der Waals surface area contributed by atoms with Crippen LogP contribution in [0, 0.1) is 0 Å². The zero-order valence-corrected chi connectivity index (χ0v) is 13.2. The lowest BCUT2D eigenvalue weighted by Crippen LogP contribution is -2.26. The number of alkyl halides is 3. The number of nitrogens with zero attached hydrogens (tertiary/aromatic N) is 1. The van der Waals surface area contributed by atoms with Crippen molar-refractivity contribution >= 4 is 21.8 Å². The number of benzene rings is 1. The van der Waals surface area contributed by atoms with Gasteiger partial charge in [-0.15, -0.1) is 13.2 Å². The van der Waals surface area contributed by atoms with Gasteiger partial charge in [0.05, 0.1) is 4.47 Å². The standard InChI is InChI=1S/C13H16BrF3N2O2/c1-19(2)12(20)5-6-18-8-9-3-4-11(10(14)7-9)21-13(15,16)17/h3-4,7,18H,5-6,8H2,1-2H3. The molecule has 0 aliphatic heterocycles. The van der Waals surface area contributed by atoms with E-state index < -0.39 is 6.36 Å². The van der Waals surface area contributed by atoms with Crippen molar-refractivity contribution in [2.45, 2.75) is 19.3 Å². The van der Waals surface area contributed by atoms with E-state index in [1.165, 1.54) is 17.0 Å². The van der Waals surface area contributed by atoms with Crippen molar-refractivity contribution in [2.24, 2.45) is 0 Å². The Labute approximate surface area is 129 Å². The molecule has 0 aliphatic rings. The second-order valence-corrected chi connectivity index (χ2v) is 5.38. The Morgan fingerprint density at radius 1 is 1.38 bits per heavy atom. The lowest BCUT2D eigenvalue weighted by Gasteiger charge is -2.12. The third-order valence-corrected chi connectivity index (χ3v) is 3.19. The van der Waals surface area contributed by atoms with E-state index >= 15 is 0 Å². The van der Waals surface area contributed by atoms with Gasteiger partial charge in [-0.2, -0.15) is 0 Å². The van der Waals surface area contributed by atoms with E-state index in [1.807, 2.05) is 0 Å². The van der Waals surface area contributed by atoms with Crippen molar-refractivity contribution in [3.63, 3.8) is 0 Å². The molecule has 1 aromatic rings. The van der Waals surface area contributed by atoms with Crippen LogP contribution in [0.2, 0.25) is 0 Å². The Hall–Kier alpha value is -1.28. The van der Waals surface area contributed by atoms with E-state index in [4.69, 9.17) is 0 Å². The van der Waals surface area contributed by atoms with Crippen LogP contribution in [0.3, 0.4) is 0 Å². The highest BCUT2D eigenvalue weighted by Gasteiger charge is 2.31. The SMILES string of the molecule is CN(C)C(=O)CCNCc1ccc(OC(F)(F)F)c(Br)c1. The predicted molar refractivity (Wildman–Crippen MR) is 75.8 cm³/mol. The summed E-state index contributed by atoms with van der Waals surface area (Å²) in [6.07, 6.45) is -4.35. The molecule has 1 aromatic carbocycles. The molecule has 4 nitrogen and oxygen atoms in total. The fourth-order valence-electron chi connectivity index (χ4n) is 1.51. The molecule has 1 amide bonds. The van der Waals surface area contributed by atoms with E-state index in [-0.39, 0.29) is 16.1 Å². The number of ether oxygens (including phenoxy) is 1. The molecule has 0 saturated carbocycles. The zero-order valence-electron chi connectivity index (χ0n) is 11.6. The summed E-state index contributed by atoms with van der Waals surface area (Å²) in [4.78, 5) is 12.8. The normalized spacial score (nSPS) is 11.3. The lowest BCUT2D eigenvalue weighted by molar-refractivity contribution is -0.274. The second-order valence-electron chi connectivity index (χ2n) is 4.53. The number of rotatable bonds is 6. The van der Waals surface area contributed by atoms with Gasteiger partial charge in [-0.05, 0) is 33.6 Å². The van der Waals surface area contributed by atoms with E-state index in [0.29, 0.717) is 19.5 Å². The van der Waals surface area contributed by atoms with E-state index in [1.54, 1.807) is 20.2 Å². The number of carbonyl (C=O) groups excluding carboxylic acids is 1. The molecular weight excluding hydrogens is 353 g/mol. The smallest absolute Gasteiger partial charge is 0.405 e. The number of amides is 1. The Balaban J connectivity index is 2.47. The first kappa shape index (κ1) is 17.8. The van der Waals surface area contributed by atoms with Gasteiger partial charge in [0.2, 0.25) is 5.91 Å². The average molecular weight is 369 g/mol. The molecule has 0 radical (unpaired) electrons. The van der Waals surface area contributed by atoms with E-state index in [0.717, 1.165) is 5.56 Å². The van der Waals surface area contributed by atoms with Crippen LogP contribution in [0.5, 0.6) is 5.75 Å². The molecule has 0 aromatic heterocycles. The van der Waals surface area contributed by atoms with E-state index in [9.17, 15) is 18.0 Å². The van der Waals surface area contributed by atoms with Crippen LogP contribution in [-0.2, 0) is 11.3 Å². The monoisotopic (exact) mass is 368 g/mol. The molecule has 0 atom stereocenters. The Morgan fingerprint density at radius 3 is 2.57 bits per heavy atom. The molecule has 0 heterocycles. The van der Waals surface area contributed by atoms with Crippen LogP contribution < -0.4 is 10.1 Å². The highest BCUT2D eigenvalue weighted by atomic mass is 79.9. The molecule has 21 heavy (non-hydrogen) atoms. The Kier molecular flexibility index (Phi) is 6.47. The van der Waals surface area contributed by atoms with Crippen molar-refractivity contribution in [1.82, 2.24) is 10.2 Å². The zero-order chi connectivity index (χ0) is 16.0. The molecule has 0 bridgehead atoms. The van der Waals surface area contributed by atoms with Crippen molar-refractivity contribution in [3.8, 4) is 5.75 Å². The number of hydrogen-bond donors (Lipinski definition) is 1. The summed E-state index contributed by atoms with van der Waals surface area (Å²) in [6, 6.07) is 4.33. The van der Waals surface area contributed by atoms with Crippen LogP contribution in [0.25, 0.3) is 0 Å². The molecule has 8 heteroatoms. The van der Waals surface area contributed by atoms with Crippen molar-refractivity contribution in [3.05, 3.63) is 28.2 Å². The maximum absolute atomic E-state index is 12.1. The largest absolute Gasteiger partial charge is 0.573 e. The molecular formula is C13H16BrF3N2O2. The van der Waals surface area contributed by atoms with Crippen LogP contribution in [0.15, 0.2) is 22.7 Å². The van der Waals surface area contributed by atoms with Gasteiger partial charge in [0.1, 0.15) is 5.75 Å². The summed E-state index contributed by atoms with van der Waals surface area (Å²) in [5.41, 5.74) is 0.786. The number of hydrogen-bond acceptors (Lipinski definition) is 3. The van der Waals surface area contributed by atoms with Gasteiger partial charge in [-0.3, -0.25) is 4.79 Å².